The van der Waals surface area contributed by atoms with Crippen molar-refractivity contribution in [1.82, 2.24) is 0 Å². The van der Waals surface area contributed by atoms with Crippen molar-refractivity contribution >= 4 is 0 Å². The largest absolute Gasteiger partial charge is 0.393 e. The highest BCUT2D eigenvalue weighted by atomic mass is 16.3. The topological polar surface area (TPSA) is 60.7 Å². The summed E-state index contributed by atoms with van der Waals surface area (Å²) in [4.78, 5) is 0. The lowest BCUT2D eigenvalue weighted by atomic mass is 9.31. The Morgan fingerprint density at radius 1 is 0.818 bits per heavy atom. The summed E-state index contributed by atoms with van der Waals surface area (Å²) in [7, 11) is 0. The van der Waals surface area contributed by atoms with Crippen molar-refractivity contribution in [2.45, 2.75) is 118 Å². The fourth-order valence-electron chi connectivity index (χ4n) is 11.6. The van der Waals surface area contributed by atoms with Crippen molar-refractivity contribution in [2.75, 3.05) is 0 Å². The lowest BCUT2D eigenvalue weighted by Crippen LogP contribution is -2.74. The standard InChI is InChI=1S/C30H50O3/c1-17(2)18-11-13-27(5)15-16-29(7)19(22(18)27)9-10-20-28(6)14-12-21(31)26(3,4)24(28)23(32)25(33)30(20,29)8/h18-25,31-33H,1,9-16H2,2-8H3/t18-,19+,20+,21-,22+,23-,24-,25-,27+,28+,29+,30-/m0/s1. The van der Waals surface area contributed by atoms with E-state index in [0.717, 1.165) is 25.7 Å². The molecule has 0 aromatic rings. The molecule has 5 saturated carbocycles. The van der Waals surface area contributed by atoms with Gasteiger partial charge in [-0.25, -0.2) is 0 Å². The zero-order valence-electron chi connectivity index (χ0n) is 22.3. The van der Waals surface area contributed by atoms with Crippen LogP contribution < -0.4 is 0 Å². The molecule has 5 aliphatic rings. The number of rotatable bonds is 1. The van der Waals surface area contributed by atoms with E-state index in [1.807, 2.05) is 0 Å². The third-order valence-electron chi connectivity index (χ3n) is 13.5. The maximum absolute atomic E-state index is 12.0. The summed E-state index contributed by atoms with van der Waals surface area (Å²) in [6.07, 6.45) is 7.11. The number of hydrogen-bond acceptors (Lipinski definition) is 3. The predicted octanol–water partition coefficient (Wildman–Crippen LogP) is 5.97. The third kappa shape index (κ3) is 2.74. The quantitative estimate of drug-likeness (QED) is 0.425. The van der Waals surface area contributed by atoms with Crippen LogP contribution in [0.15, 0.2) is 12.2 Å². The molecular weight excluding hydrogens is 408 g/mol. The Kier molecular flexibility index (Phi) is 5.23. The van der Waals surface area contributed by atoms with Crippen LogP contribution in [0.3, 0.4) is 0 Å². The van der Waals surface area contributed by atoms with Crippen molar-refractivity contribution in [3.8, 4) is 0 Å². The molecule has 0 aliphatic heterocycles. The van der Waals surface area contributed by atoms with Gasteiger partial charge in [-0.15, -0.1) is 0 Å². The van der Waals surface area contributed by atoms with Gasteiger partial charge in [-0.05, 0) is 104 Å². The summed E-state index contributed by atoms with van der Waals surface area (Å²) in [5, 5.41) is 34.7. The second-order valence-electron chi connectivity index (χ2n) is 14.9. The number of aliphatic hydroxyl groups is 3. The molecule has 5 aliphatic carbocycles. The first-order chi connectivity index (χ1) is 15.2. The molecule has 0 radical (unpaired) electrons. The number of allylic oxidation sites excluding steroid dienone is 1. The predicted molar refractivity (Wildman–Crippen MR) is 133 cm³/mol. The number of aliphatic hydroxyl groups excluding tert-OH is 3. The Morgan fingerprint density at radius 3 is 2.12 bits per heavy atom. The van der Waals surface area contributed by atoms with E-state index in [-0.39, 0.29) is 22.2 Å². The Labute approximate surface area is 202 Å². The number of fused-ring (bicyclic) bond motifs is 7. The lowest BCUT2D eigenvalue weighted by Gasteiger charge is -2.74. The van der Waals surface area contributed by atoms with Crippen molar-refractivity contribution in [3.05, 3.63) is 12.2 Å². The molecule has 0 heterocycles. The monoisotopic (exact) mass is 458 g/mol. The van der Waals surface area contributed by atoms with Crippen LogP contribution in [0.5, 0.6) is 0 Å². The van der Waals surface area contributed by atoms with Crippen molar-refractivity contribution in [2.24, 2.45) is 56.7 Å². The van der Waals surface area contributed by atoms with Gasteiger partial charge in [-0.1, -0.05) is 53.7 Å². The lowest BCUT2D eigenvalue weighted by molar-refractivity contribution is -0.315. The van der Waals surface area contributed by atoms with Crippen molar-refractivity contribution in [1.29, 1.82) is 0 Å². The highest BCUT2D eigenvalue weighted by molar-refractivity contribution is 5.24. The second kappa shape index (κ2) is 7.10. The summed E-state index contributed by atoms with van der Waals surface area (Å²) in [5.41, 5.74) is 0.968. The van der Waals surface area contributed by atoms with E-state index in [1.165, 1.54) is 31.3 Å². The molecule has 3 N–H and O–H groups in total. The van der Waals surface area contributed by atoms with Crippen molar-refractivity contribution in [3.63, 3.8) is 0 Å². The maximum Gasteiger partial charge on any atom is 0.0863 e. The minimum absolute atomic E-state index is 0.00666. The molecule has 0 spiro atoms. The van der Waals surface area contributed by atoms with Gasteiger partial charge in [0, 0.05) is 11.3 Å². The van der Waals surface area contributed by atoms with Crippen LogP contribution in [-0.4, -0.2) is 33.6 Å². The average Bonchev–Trinajstić information content (AvgIpc) is 3.08. The smallest absolute Gasteiger partial charge is 0.0863 e. The molecule has 0 amide bonds. The van der Waals surface area contributed by atoms with Crippen LogP contribution in [0.4, 0.5) is 0 Å². The van der Waals surface area contributed by atoms with Crippen LogP contribution >= 0.6 is 0 Å². The summed E-state index contributed by atoms with van der Waals surface area (Å²) >= 11 is 0. The normalized spacial score (nSPS) is 59.7. The zero-order valence-corrected chi connectivity index (χ0v) is 22.3. The maximum atomic E-state index is 12.0. The van der Waals surface area contributed by atoms with Crippen molar-refractivity contribution < 1.29 is 15.3 Å². The molecule has 5 rings (SSSR count). The first-order valence-electron chi connectivity index (χ1n) is 13.9. The van der Waals surface area contributed by atoms with Gasteiger partial charge in [-0.2, -0.15) is 0 Å². The minimum Gasteiger partial charge on any atom is -0.393 e. The first kappa shape index (κ1) is 24.3. The van der Waals surface area contributed by atoms with Gasteiger partial charge in [-0.3, -0.25) is 0 Å². The van der Waals surface area contributed by atoms with Gasteiger partial charge in [0.25, 0.3) is 0 Å². The van der Waals surface area contributed by atoms with E-state index in [0.29, 0.717) is 29.1 Å². The SMILES string of the molecule is C=C(C)[C@@H]1CC[C@]2(C)CC[C@]3(C)[C@H](CC[C@@H]4[C@@]5(C)CC[C@H](O)C(C)(C)[C@@H]5[C@H](O)[C@H](O)[C@]43C)[C@@H]12. The van der Waals surface area contributed by atoms with Crippen LogP contribution in [-0.2, 0) is 0 Å². The Bertz CT molecular complexity index is 834. The van der Waals surface area contributed by atoms with Gasteiger partial charge in [0.1, 0.15) is 0 Å². The van der Waals surface area contributed by atoms with Gasteiger partial charge < -0.3 is 15.3 Å². The van der Waals surface area contributed by atoms with Crippen LogP contribution in [0.1, 0.15) is 99.8 Å². The van der Waals surface area contributed by atoms with Gasteiger partial charge in [0.15, 0.2) is 0 Å². The zero-order chi connectivity index (χ0) is 24.4. The molecule has 5 fully saturated rings. The van der Waals surface area contributed by atoms with Gasteiger partial charge >= 0.3 is 0 Å². The van der Waals surface area contributed by atoms with E-state index >= 15 is 0 Å². The Morgan fingerprint density at radius 2 is 1.48 bits per heavy atom. The molecular formula is C30H50O3. The van der Waals surface area contributed by atoms with E-state index in [4.69, 9.17) is 0 Å². The molecule has 188 valence electrons. The van der Waals surface area contributed by atoms with Crippen LogP contribution in [0.2, 0.25) is 0 Å². The first-order valence-corrected chi connectivity index (χ1v) is 13.9. The summed E-state index contributed by atoms with van der Waals surface area (Å²) in [6, 6.07) is 0. The molecule has 0 unspecified atom stereocenters. The fourth-order valence-corrected chi connectivity index (χ4v) is 11.6. The second-order valence-corrected chi connectivity index (χ2v) is 14.9. The summed E-state index contributed by atoms with van der Waals surface area (Å²) < 4.78 is 0. The molecule has 0 bridgehead atoms. The van der Waals surface area contributed by atoms with E-state index < -0.39 is 23.7 Å². The van der Waals surface area contributed by atoms with E-state index in [2.05, 4.69) is 55.0 Å². The van der Waals surface area contributed by atoms with E-state index in [1.54, 1.807) is 0 Å². The summed E-state index contributed by atoms with van der Waals surface area (Å²) in [6.45, 7) is 20.7. The third-order valence-corrected chi connectivity index (χ3v) is 13.5. The fraction of sp³-hybridized carbons (Fsp3) is 0.933. The molecule has 3 heteroatoms. The highest BCUT2D eigenvalue weighted by Gasteiger charge is 2.74. The Balaban J connectivity index is 1.62. The molecule has 3 nitrogen and oxygen atoms in total. The number of hydrogen-bond donors (Lipinski definition) is 3. The average molecular weight is 459 g/mol. The van der Waals surface area contributed by atoms with Gasteiger partial charge in [0.05, 0.1) is 18.3 Å². The molecule has 12 atom stereocenters. The molecule has 0 saturated heterocycles. The molecule has 33 heavy (non-hydrogen) atoms. The highest BCUT2D eigenvalue weighted by Crippen LogP contribution is 2.77. The Hall–Kier alpha value is -0.380. The molecule has 0 aromatic carbocycles. The van der Waals surface area contributed by atoms with Crippen LogP contribution in [0.25, 0.3) is 0 Å². The van der Waals surface area contributed by atoms with E-state index in [9.17, 15) is 15.3 Å². The minimum atomic E-state index is -0.786. The van der Waals surface area contributed by atoms with Gasteiger partial charge in [0.2, 0.25) is 0 Å². The summed E-state index contributed by atoms with van der Waals surface area (Å²) in [5.74, 6) is 2.11. The van der Waals surface area contributed by atoms with Crippen LogP contribution in [0, 0.1) is 56.7 Å². The molecule has 0 aromatic heterocycles.